The molecule has 0 bridgehead atoms. The fraction of sp³-hybridized carbons (Fsp3) is 0. The third kappa shape index (κ3) is 5.53. The van der Waals surface area contributed by atoms with Crippen LogP contribution in [0.3, 0.4) is 0 Å². The van der Waals surface area contributed by atoms with E-state index in [1.54, 1.807) is 0 Å². The van der Waals surface area contributed by atoms with E-state index in [0.717, 1.165) is 11.4 Å². The zero-order valence-electron chi connectivity index (χ0n) is 32.7. The highest BCUT2D eigenvalue weighted by molar-refractivity contribution is 7.26. The molecule has 12 aromatic rings. The molecule has 0 N–H and O–H groups in total. The molecule has 1 heterocycles. The normalized spacial score (nSPS) is 11.7. The first-order valence-electron chi connectivity index (χ1n) is 20.6. The molecule has 0 radical (unpaired) electrons. The van der Waals surface area contributed by atoms with Crippen molar-refractivity contribution in [1.29, 1.82) is 0 Å². The van der Waals surface area contributed by atoms with Crippen LogP contribution in [0.4, 0.5) is 17.1 Å². The first-order chi connectivity index (χ1) is 29.8. The zero-order chi connectivity index (χ0) is 39.6. The standard InChI is InChI=1S/C58H37NS/c1-3-16-40(17-4-1)56-50-23-10-9-21-46(50)47-35-32-42(37-52(47)57(56)41-18-5-2-6-19-41)38-29-33-43(34-30-38)59(54-27-14-25-51-49-22-11-12-28-55(49)60-58(51)54)53-26-13-24-45-44-20-8-7-15-39(44)31-36-48(45)53/h1-37H. The lowest BCUT2D eigenvalue weighted by Gasteiger charge is -2.28. The minimum Gasteiger partial charge on any atom is -0.308 e. The SMILES string of the molecule is c1ccc(-c2c(-c3ccccc3)c3cc(-c4ccc(N(c5cccc6c5ccc5ccccc56)c5cccc6c5sc5ccccc56)cc4)ccc3c3ccccc23)cc1. The second-order valence-corrected chi connectivity index (χ2v) is 16.6. The van der Waals surface area contributed by atoms with Crippen LogP contribution in [-0.4, -0.2) is 0 Å². The van der Waals surface area contributed by atoms with Gasteiger partial charge in [-0.25, -0.2) is 0 Å². The lowest BCUT2D eigenvalue weighted by atomic mass is 9.84. The number of hydrogen-bond acceptors (Lipinski definition) is 2. The molecule has 0 unspecified atom stereocenters. The molecule has 0 spiro atoms. The van der Waals surface area contributed by atoms with Gasteiger partial charge in [-0.2, -0.15) is 0 Å². The van der Waals surface area contributed by atoms with Gasteiger partial charge in [0.2, 0.25) is 0 Å². The summed E-state index contributed by atoms with van der Waals surface area (Å²) < 4.78 is 2.58. The minimum atomic E-state index is 1.12. The van der Waals surface area contributed by atoms with Crippen LogP contribution >= 0.6 is 11.3 Å². The third-order valence-electron chi connectivity index (χ3n) is 12.2. The van der Waals surface area contributed by atoms with Gasteiger partial charge in [-0.15, -0.1) is 11.3 Å². The van der Waals surface area contributed by atoms with Gasteiger partial charge in [-0.05, 0) is 107 Å². The highest BCUT2D eigenvalue weighted by atomic mass is 32.1. The maximum absolute atomic E-state index is 2.48. The van der Waals surface area contributed by atoms with Crippen molar-refractivity contribution in [1.82, 2.24) is 0 Å². The molecule has 0 saturated heterocycles. The van der Waals surface area contributed by atoms with Crippen LogP contribution in [0.1, 0.15) is 0 Å². The number of anilines is 3. The summed E-state index contributed by atoms with van der Waals surface area (Å²) in [4.78, 5) is 2.48. The van der Waals surface area contributed by atoms with Gasteiger partial charge < -0.3 is 4.90 Å². The topological polar surface area (TPSA) is 3.24 Å². The maximum Gasteiger partial charge on any atom is 0.0640 e. The average molecular weight is 780 g/mol. The molecular formula is C58H37NS. The summed E-state index contributed by atoms with van der Waals surface area (Å²) in [7, 11) is 0. The third-order valence-corrected chi connectivity index (χ3v) is 13.4. The summed E-state index contributed by atoms with van der Waals surface area (Å²) in [6.45, 7) is 0. The van der Waals surface area contributed by atoms with Crippen molar-refractivity contribution in [3.05, 3.63) is 224 Å². The molecule has 0 atom stereocenters. The van der Waals surface area contributed by atoms with Crippen molar-refractivity contribution in [3.63, 3.8) is 0 Å². The molecule has 0 aliphatic heterocycles. The minimum absolute atomic E-state index is 1.12. The number of thiophene rings is 1. The van der Waals surface area contributed by atoms with Crippen molar-refractivity contribution < 1.29 is 0 Å². The van der Waals surface area contributed by atoms with Gasteiger partial charge in [0.1, 0.15) is 0 Å². The summed E-state index contributed by atoms with van der Waals surface area (Å²) >= 11 is 1.87. The highest BCUT2D eigenvalue weighted by Gasteiger charge is 2.22. The summed E-state index contributed by atoms with van der Waals surface area (Å²) in [6, 6.07) is 82.5. The first-order valence-corrected chi connectivity index (χ1v) is 21.4. The van der Waals surface area contributed by atoms with Crippen molar-refractivity contribution in [3.8, 4) is 33.4 Å². The molecular weight excluding hydrogens is 743 g/mol. The van der Waals surface area contributed by atoms with Crippen LogP contribution in [0.15, 0.2) is 224 Å². The molecule has 12 rings (SSSR count). The van der Waals surface area contributed by atoms with E-state index >= 15 is 0 Å². The fourth-order valence-corrected chi connectivity index (χ4v) is 10.7. The zero-order valence-corrected chi connectivity index (χ0v) is 33.5. The Hall–Kier alpha value is -7.52. The highest BCUT2D eigenvalue weighted by Crippen LogP contribution is 2.48. The van der Waals surface area contributed by atoms with Gasteiger partial charge in [0.05, 0.1) is 16.1 Å². The first kappa shape index (κ1) is 34.5. The van der Waals surface area contributed by atoms with E-state index in [1.165, 1.54) is 102 Å². The molecule has 0 saturated carbocycles. The monoisotopic (exact) mass is 779 g/mol. The van der Waals surface area contributed by atoms with Crippen molar-refractivity contribution in [2.75, 3.05) is 4.90 Å². The van der Waals surface area contributed by atoms with E-state index < -0.39 is 0 Å². The largest absolute Gasteiger partial charge is 0.308 e. The van der Waals surface area contributed by atoms with Gasteiger partial charge in [0.25, 0.3) is 0 Å². The van der Waals surface area contributed by atoms with Crippen molar-refractivity contribution >= 4 is 91.7 Å². The quantitative estimate of drug-likeness (QED) is 0.152. The molecule has 2 heteroatoms. The molecule has 0 amide bonds. The number of hydrogen-bond donors (Lipinski definition) is 0. The summed E-state index contributed by atoms with van der Waals surface area (Å²) in [6.07, 6.45) is 0. The van der Waals surface area contributed by atoms with Crippen LogP contribution < -0.4 is 4.90 Å². The van der Waals surface area contributed by atoms with E-state index in [2.05, 4.69) is 229 Å². The van der Waals surface area contributed by atoms with Crippen LogP contribution in [0, 0.1) is 0 Å². The molecule has 1 aromatic heterocycles. The Balaban J connectivity index is 1.06. The second kappa shape index (κ2) is 14.1. The Bertz CT molecular complexity index is 3590. The Morgan fingerprint density at radius 3 is 1.58 bits per heavy atom. The van der Waals surface area contributed by atoms with E-state index in [0.29, 0.717) is 0 Å². The van der Waals surface area contributed by atoms with Gasteiger partial charge in [0, 0.05) is 26.5 Å². The lowest BCUT2D eigenvalue weighted by Crippen LogP contribution is -2.10. The number of benzene rings is 11. The van der Waals surface area contributed by atoms with Crippen LogP contribution in [0.25, 0.3) is 96.6 Å². The molecule has 60 heavy (non-hydrogen) atoms. The maximum atomic E-state index is 2.48. The average Bonchev–Trinajstić information content (AvgIpc) is 3.71. The van der Waals surface area contributed by atoms with Crippen LogP contribution in [0.2, 0.25) is 0 Å². The van der Waals surface area contributed by atoms with Crippen LogP contribution in [0.5, 0.6) is 0 Å². The van der Waals surface area contributed by atoms with E-state index in [-0.39, 0.29) is 0 Å². The Morgan fingerprint density at radius 1 is 0.283 bits per heavy atom. The van der Waals surface area contributed by atoms with E-state index in [1.807, 2.05) is 11.3 Å². The summed E-state index contributed by atoms with van der Waals surface area (Å²) in [5.74, 6) is 0. The molecule has 280 valence electrons. The van der Waals surface area contributed by atoms with Crippen molar-refractivity contribution in [2.24, 2.45) is 0 Å². The molecule has 11 aromatic carbocycles. The predicted molar refractivity (Wildman–Crippen MR) is 260 cm³/mol. The van der Waals surface area contributed by atoms with Gasteiger partial charge in [0.15, 0.2) is 0 Å². The summed E-state index contributed by atoms with van der Waals surface area (Å²) in [5, 5.41) is 12.6. The molecule has 0 fully saturated rings. The van der Waals surface area contributed by atoms with Crippen LogP contribution in [-0.2, 0) is 0 Å². The smallest absolute Gasteiger partial charge is 0.0640 e. The second-order valence-electron chi connectivity index (χ2n) is 15.6. The predicted octanol–water partition coefficient (Wildman–Crippen LogP) is 17.1. The number of rotatable bonds is 6. The molecule has 0 aliphatic rings. The molecule has 1 nitrogen and oxygen atoms in total. The summed E-state index contributed by atoms with van der Waals surface area (Å²) in [5.41, 5.74) is 10.8. The van der Waals surface area contributed by atoms with Crippen molar-refractivity contribution in [2.45, 2.75) is 0 Å². The van der Waals surface area contributed by atoms with Gasteiger partial charge in [-0.3, -0.25) is 0 Å². The molecule has 0 aliphatic carbocycles. The fourth-order valence-electron chi connectivity index (χ4n) is 9.52. The Morgan fingerprint density at radius 2 is 0.817 bits per heavy atom. The Labute approximate surface area is 352 Å². The lowest BCUT2D eigenvalue weighted by molar-refractivity contribution is 1.32. The number of fused-ring (bicyclic) bond motifs is 9. The van der Waals surface area contributed by atoms with E-state index in [9.17, 15) is 0 Å². The van der Waals surface area contributed by atoms with Gasteiger partial charge >= 0.3 is 0 Å². The van der Waals surface area contributed by atoms with E-state index in [4.69, 9.17) is 0 Å². The number of nitrogens with zero attached hydrogens (tertiary/aromatic N) is 1. The van der Waals surface area contributed by atoms with Gasteiger partial charge in [-0.1, -0.05) is 188 Å². The Kier molecular flexibility index (Phi) is 8.11.